The molecule has 0 bridgehead atoms. The Morgan fingerprint density at radius 2 is 2.19 bits per heavy atom. The Hall–Kier alpha value is -1.57. The first-order chi connectivity index (χ1) is 7.45. The Morgan fingerprint density at radius 1 is 1.56 bits per heavy atom. The van der Waals surface area contributed by atoms with Gasteiger partial charge in [0.2, 0.25) is 11.8 Å². The fourth-order valence-electron chi connectivity index (χ4n) is 1.63. The summed E-state index contributed by atoms with van der Waals surface area (Å²) in [5, 5.41) is 11.3. The molecule has 5 heteroatoms. The maximum absolute atomic E-state index is 11.9. The van der Waals surface area contributed by atoms with Crippen LogP contribution in [-0.4, -0.2) is 35.3 Å². The predicted molar refractivity (Wildman–Crippen MR) is 58.2 cm³/mol. The lowest BCUT2D eigenvalue weighted by atomic mass is 10.0. The lowest BCUT2D eigenvalue weighted by Crippen LogP contribution is -2.44. The van der Waals surface area contributed by atoms with Crippen molar-refractivity contribution in [3.05, 3.63) is 0 Å². The maximum Gasteiger partial charge on any atom is 0.246 e. The van der Waals surface area contributed by atoms with E-state index in [0.717, 1.165) is 0 Å². The molecule has 1 rings (SSSR count). The minimum atomic E-state index is -0.490. The highest BCUT2D eigenvalue weighted by atomic mass is 16.2. The third kappa shape index (κ3) is 3.23. The second-order valence-electron chi connectivity index (χ2n) is 4.52. The van der Waals surface area contributed by atoms with Crippen LogP contribution in [0.2, 0.25) is 0 Å². The molecule has 0 aliphatic carbocycles. The maximum atomic E-state index is 11.9. The Morgan fingerprint density at radius 3 is 2.56 bits per heavy atom. The summed E-state index contributed by atoms with van der Waals surface area (Å²) in [4.78, 5) is 24.4. The van der Waals surface area contributed by atoms with Crippen LogP contribution in [0.5, 0.6) is 0 Å². The lowest BCUT2D eigenvalue weighted by Gasteiger charge is -2.19. The monoisotopic (exact) mass is 223 g/mol. The van der Waals surface area contributed by atoms with Gasteiger partial charge in [0.15, 0.2) is 0 Å². The molecule has 5 nitrogen and oxygen atoms in total. The molecular formula is C11H17N3O2. The molecular weight excluding hydrogens is 206 g/mol. The molecule has 0 spiro atoms. The van der Waals surface area contributed by atoms with Gasteiger partial charge in [-0.25, -0.2) is 0 Å². The van der Waals surface area contributed by atoms with Gasteiger partial charge >= 0.3 is 0 Å². The van der Waals surface area contributed by atoms with Gasteiger partial charge in [-0.05, 0) is 12.3 Å². The van der Waals surface area contributed by atoms with Crippen LogP contribution in [0.25, 0.3) is 0 Å². The standard InChI is InChI=1S/C11H17N3O2/c1-7(2)4-10(13-8(3)15)11(16)14-6-9(14)5-12/h7,9-10H,4,6H2,1-3H3,(H,13,15)/t9?,10-,14?/m0/s1. The van der Waals surface area contributed by atoms with Crippen LogP contribution in [-0.2, 0) is 9.59 Å². The van der Waals surface area contributed by atoms with E-state index >= 15 is 0 Å². The summed E-state index contributed by atoms with van der Waals surface area (Å²) < 4.78 is 0. The first kappa shape index (κ1) is 12.5. The molecule has 1 heterocycles. The second-order valence-corrected chi connectivity index (χ2v) is 4.52. The van der Waals surface area contributed by atoms with Crippen molar-refractivity contribution in [3.63, 3.8) is 0 Å². The lowest BCUT2D eigenvalue weighted by molar-refractivity contribution is -0.132. The normalized spacial score (nSPS) is 20.2. The van der Waals surface area contributed by atoms with Crippen molar-refractivity contribution in [3.8, 4) is 6.07 Å². The molecule has 1 saturated heterocycles. The van der Waals surface area contributed by atoms with Crippen molar-refractivity contribution in [1.82, 2.24) is 10.2 Å². The van der Waals surface area contributed by atoms with Crippen molar-refractivity contribution in [2.24, 2.45) is 5.92 Å². The number of amides is 2. The van der Waals surface area contributed by atoms with E-state index < -0.39 is 6.04 Å². The topological polar surface area (TPSA) is 73.0 Å². The van der Waals surface area contributed by atoms with Crippen molar-refractivity contribution in [2.75, 3.05) is 6.54 Å². The van der Waals surface area contributed by atoms with E-state index in [2.05, 4.69) is 5.32 Å². The third-order valence-corrected chi connectivity index (χ3v) is 2.43. The third-order valence-electron chi connectivity index (χ3n) is 2.43. The van der Waals surface area contributed by atoms with Gasteiger partial charge in [-0.2, -0.15) is 5.26 Å². The molecule has 0 aromatic rings. The summed E-state index contributed by atoms with van der Waals surface area (Å²) in [5.74, 6) is -0.0360. The molecule has 0 saturated carbocycles. The fraction of sp³-hybridized carbons (Fsp3) is 0.727. The van der Waals surface area contributed by atoms with E-state index in [4.69, 9.17) is 5.26 Å². The highest BCUT2D eigenvalue weighted by Crippen LogP contribution is 2.19. The number of nitrogens with one attached hydrogen (secondary N) is 1. The van der Waals surface area contributed by atoms with Gasteiger partial charge in [0.05, 0.1) is 12.6 Å². The van der Waals surface area contributed by atoms with Crippen LogP contribution in [0, 0.1) is 17.2 Å². The molecule has 0 aromatic heterocycles. The zero-order valence-electron chi connectivity index (χ0n) is 9.86. The van der Waals surface area contributed by atoms with E-state index in [1.54, 1.807) is 0 Å². The first-order valence-corrected chi connectivity index (χ1v) is 5.43. The molecule has 1 unspecified atom stereocenters. The van der Waals surface area contributed by atoms with Gasteiger partial charge in [0, 0.05) is 6.92 Å². The minimum absolute atomic E-state index is 0.143. The molecule has 2 atom stereocenters. The largest absolute Gasteiger partial charge is 0.345 e. The summed E-state index contributed by atoms with van der Waals surface area (Å²) in [6.07, 6.45) is 0.604. The average molecular weight is 223 g/mol. The Balaban J connectivity index is 2.58. The number of nitriles is 1. The number of hydrogen-bond donors (Lipinski definition) is 1. The zero-order valence-corrected chi connectivity index (χ0v) is 9.86. The van der Waals surface area contributed by atoms with Gasteiger partial charge in [-0.15, -0.1) is 0 Å². The summed E-state index contributed by atoms with van der Waals surface area (Å²) in [6.45, 7) is 5.87. The Bertz CT molecular complexity index is 333. The van der Waals surface area contributed by atoms with Gasteiger partial charge in [-0.1, -0.05) is 13.8 Å². The molecule has 0 aromatic carbocycles. The van der Waals surface area contributed by atoms with Crippen LogP contribution in [0.4, 0.5) is 0 Å². The molecule has 88 valence electrons. The number of carbonyl (C=O) groups excluding carboxylic acids is 2. The summed E-state index contributed by atoms with van der Waals surface area (Å²) in [5.41, 5.74) is 0. The van der Waals surface area contributed by atoms with Crippen LogP contribution in [0.15, 0.2) is 0 Å². The number of carbonyl (C=O) groups is 2. The highest BCUT2D eigenvalue weighted by molar-refractivity contribution is 5.88. The summed E-state index contributed by atoms with van der Waals surface area (Å²) in [6, 6.07) is 1.24. The molecule has 1 aliphatic rings. The van der Waals surface area contributed by atoms with E-state index in [9.17, 15) is 9.59 Å². The van der Waals surface area contributed by atoms with Gasteiger partial charge < -0.3 is 10.2 Å². The van der Waals surface area contributed by atoms with Gasteiger partial charge in [0.25, 0.3) is 0 Å². The predicted octanol–water partition coefficient (Wildman–Crippen LogP) is 0.272. The number of hydrogen-bond acceptors (Lipinski definition) is 3. The fourth-order valence-corrected chi connectivity index (χ4v) is 1.63. The second kappa shape index (κ2) is 4.97. The van der Waals surface area contributed by atoms with E-state index in [0.29, 0.717) is 18.9 Å². The Labute approximate surface area is 95.4 Å². The zero-order chi connectivity index (χ0) is 12.3. The average Bonchev–Trinajstić information content (AvgIpc) is 2.93. The van der Waals surface area contributed by atoms with E-state index in [1.807, 2.05) is 19.9 Å². The SMILES string of the molecule is CC(=O)N[C@@H](CC(C)C)C(=O)N1CC1C#N. The number of rotatable bonds is 4. The molecule has 2 amide bonds. The minimum Gasteiger partial charge on any atom is -0.345 e. The van der Waals surface area contributed by atoms with Crippen LogP contribution in [0.1, 0.15) is 27.2 Å². The van der Waals surface area contributed by atoms with Gasteiger partial charge in [-0.3, -0.25) is 9.59 Å². The first-order valence-electron chi connectivity index (χ1n) is 5.43. The molecule has 16 heavy (non-hydrogen) atoms. The van der Waals surface area contributed by atoms with Crippen LogP contribution >= 0.6 is 0 Å². The van der Waals surface area contributed by atoms with Crippen molar-refractivity contribution in [1.29, 1.82) is 5.26 Å². The Kier molecular flexibility index (Phi) is 3.88. The van der Waals surface area contributed by atoms with Gasteiger partial charge in [0.1, 0.15) is 12.1 Å². The number of nitrogens with zero attached hydrogens (tertiary/aromatic N) is 2. The highest BCUT2D eigenvalue weighted by Gasteiger charge is 2.41. The van der Waals surface area contributed by atoms with Crippen molar-refractivity contribution in [2.45, 2.75) is 39.3 Å². The van der Waals surface area contributed by atoms with Crippen LogP contribution in [0.3, 0.4) is 0 Å². The summed E-state index contributed by atoms with van der Waals surface area (Å²) >= 11 is 0. The van der Waals surface area contributed by atoms with E-state index in [1.165, 1.54) is 11.8 Å². The quantitative estimate of drug-likeness (QED) is 0.695. The van der Waals surface area contributed by atoms with Crippen LogP contribution < -0.4 is 5.32 Å². The van der Waals surface area contributed by atoms with Crippen molar-refractivity contribution >= 4 is 11.8 Å². The van der Waals surface area contributed by atoms with E-state index in [-0.39, 0.29) is 17.9 Å². The van der Waals surface area contributed by atoms with Crippen molar-refractivity contribution < 1.29 is 9.59 Å². The molecule has 1 fully saturated rings. The smallest absolute Gasteiger partial charge is 0.246 e. The summed E-state index contributed by atoms with van der Waals surface area (Å²) in [7, 11) is 0. The molecule has 0 radical (unpaired) electrons. The molecule has 1 N–H and O–H groups in total. The molecule has 1 aliphatic heterocycles.